The summed E-state index contributed by atoms with van der Waals surface area (Å²) in [6.45, 7) is 3.83. The molecule has 1 unspecified atom stereocenters. The van der Waals surface area contributed by atoms with Crippen LogP contribution in [0.2, 0.25) is 0 Å². The Morgan fingerprint density at radius 3 is 2.85 bits per heavy atom. The van der Waals surface area contributed by atoms with Crippen molar-refractivity contribution in [2.24, 2.45) is 0 Å². The van der Waals surface area contributed by atoms with Gasteiger partial charge in [0.2, 0.25) is 5.95 Å². The Balaban J connectivity index is 1.91. The van der Waals surface area contributed by atoms with Gasteiger partial charge in [0, 0.05) is 11.9 Å². The summed E-state index contributed by atoms with van der Waals surface area (Å²) in [6, 6.07) is 1.80. The molecule has 5 nitrogen and oxygen atoms in total. The second-order valence-corrected chi connectivity index (χ2v) is 5.30. The van der Waals surface area contributed by atoms with E-state index in [1.807, 2.05) is 13.8 Å². The number of aryl methyl sites for hydroxylation is 1. The Hall–Kier alpha value is -1.49. The predicted octanol–water partition coefficient (Wildman–Crippen LogP) is 2.85. The first-order chi connectivity index (χ1) is 9.69. The average molecular weight is 277 g/mol. The molecule has 5 heteroatoms. The van der Waals surface area contributed by atoms with Gasteiger partial charge < -0.3 is 4.74 Å². The van der Waals surface area contributed by atoms with Gasteiger partial charge in [-0.3, -0.25) is 10.1 Å². The first kappa shape index (κ1) is 14.9. The number of rotatable bonds is 5. The number of nitrogens with one attached hydrogen (secondary N) is 1. The van der Waals surface area contributed by atoms with E-state index in [2.05, 4.69) is 15.3 Å². The predicted molar refractivity (Wildman–Crippen MR) is 77.4 cm³/mol. The molecule has 1 amide bonds. The van der Waals surface area contributed by atoms with Crippen LogP contribution in [0.25, 0.3) is 0 Å². The summed E-state index contributed by atoms with van der Waals surface area (Å²) in [5.41, 5.74) is 0.830. The Morgan fingerprint density at radius 1 is 1.45 bits per heavy atom. The summed E-state index contributed by atoms with van der Waals surface area (Å²) < 4.78 is 5.94. The third-order valence-electron chi connectivity index (χ3n) is 3.60. The first-order valence-electron chi connectivity index (χ1n) is 7.45. The Labute approximate surface area is 120 Å². The molecule has 1 heterocycles. The molecule has 0 radical (unpaired) electrons. The highest BCUT2D eigenvalue weighted by molar-refractivity contribution is 5.92. The fraction of sp³-hybridized carbons (Fsp3) is 0.667. The minimum Gasteiger partial charge on any atom is -0.365 e. The van der Waals surface area contributed by atoms with E-state index in [1.54, 1.807) is 12.3 Å². The van der Waals surface area contributed by atoms with Gasteiger partial charge in [0.1, 0.15) is 6.10 Å². The fourth-order valence-corrected chi connectivity index (χ4v) is 2.48. The van der Waals surface area contributed by atoms with E-state index in [4.69, 9.17) is 4.74 Å². The van der Waals surface area contributed by atoms with Crippen LogP contribution in [0.4, 0.5) is 5.95 Å². The molecule has 0 spiro atoms. The number of ether oxygens (including phenoxy) is 1. The number of amides is 1. The Kier molecular flexibility index (Phi) is 5.47. The van der Waals surface area contributed by atoms with Gasteiger partial charge in [0.25, 0.3) is 5.91 Å². The van der Waals surface area contributed by atoms with Gasteiger partial charge in [-0.1, -0.05) is 26.2 Å². The molecule has 1 atom stereocenters. The van der Waals surface area contributed by atoms with Gasteiger partial charge >= 0.3 is 0 Å². The van der Waals surface area contributed by atoms with Crippen LogP contribution in [0.15, 0.2) is 12.3 Å². The lowest BCUT2D eigenvalue weighted by Gasteiger charge is -2.26. The van der Waals surface area contributed by atoms with Crippen LogP contribution in [0.1, 0.15) is 51.1 Å². The molecule has 0 bridgehead atoms. The van der Waals surface area contributed by atoms with Crippen LogP contribution in [0, 0.1) is 6.92 Å². The van der Waals surface area contributed by atoms with Gasteiger partial charge in [0.05, 0.1) is 6.10 Å². The fourth-order valence-electron chi connectivity index (χ4n) is 2.48. The van der Waals surface area contributed by atoms with Crippen molar-refractivity contribution in [2.45, 2.75) is 64.6 Å². The maximum Gasteiger partial charge on any atom is 0.255 e. The minimum absolute atomic E-state index is 0.149. The zero-order valence-electron chi connectivity index (χ0n) is 12.3. The zero-order valence-corrected chi connectivity index (χ0v) is 12.3. The summed E-state index contributed by atoms with van der Waals surface area (Å²) in [5, 5.41) is 2.74. The maximum absolute atomic E-state index is 12.2. The van der Waals surface area contributed by atoms with E-state index < -0.39 is 6.10 Å². The number of hydrogen-bond acceptors (Lipinski definition) is 4. The number of nitrogens with zero attached hydrogens (tertiary/aromatic N) is 2. The smallest absolute Gasteiger partial charge is 0.255 e. The summed E-state index contributed by atoms with van der Waals surface area (Å²) in [4.78, 5) is 20.4. The van der Waals surface area contributed by atoms with Gasteiger partial charge in [-0.15, -0.1) is 0 Å². The standard InChI is InChI=1S/C15H23N3O2/c1-3-13(20-12-7-5-4-6-8-12)14(19)18-15-16-10-9-11(2)17-15/h9-10,12-13H,3-8H2,1-2H3,(H,16,17,18,19). The maximum atomic E-state index is 12.2. The number of anilines is 1. The van der Waals surface area contributed by atoms with Crippen LogP contribution in [0.3, 0.4) is 0 Å². The lowest BCUT2D eigenvalue weighted by Crippen LogP contribution is -2.34. The summed E-state index contributed by atoms with van der Waals surface area (Å²) in [6.07, 6.45) is 7.90. The van der Waals surface area contributed by atoms with Crippen LogP contribution in [-0.4, -0.2) is 28.1 Å². The second kappa shape index (κ2) is 7.33. The molecular formula is C15H23N3O2. The van der Waals surface area contributed by atoms with Crippen LogP contribution < -0.4 is 5.32 Å². The lowest BCUT2D eigenvalue weighted by molar-refractivity contribution is -0.132. The highest BCUT2D eigenvalue weighted by atomic mass is 16.5. The van der Waals surface area contributed by atoms with Crippen molar-refractivity contribution in [1.82, 2.24) is 9.97 Å². The van der Waals surface area contributed by atoms with Gasteiger partial charge in [0.15, 0.2) is 0 Å². The zero-order chi connectivity index (χ0) is 14.4. The van der Waals surface area contributed by atoms with E-state index in [0.717, 1.165) is 18.5 Å². The molecule has 2 rings (SSSR count). The molecule has 1 aromatic heterocycles. The quantitative estimate of drug-likeness (QED) is 0.899. The monoisotopic (exact) mass is 277 g/mol. The summed E-state index contributed by atoms with van der Waals surface area (Å²) >= 11 is 0. The van der Waals surface area contributed by atoms with E-state index in [1.165, 1.54) is 19.3 Å². The van der Waals surface area contributed by atoms with E-state index in [9.17, 15) is 4.79 Å². The number of carbonyl (C=O) groups excluding carboxylic acids is 1. The van der Waals surface area contributed by atoms with Crippen LogP contribution >= 0.6 is 0 Å². The summed E-state index contributed by atoms with van der Waals surface area (Å²) in [7, 11) is 0. The van der Waals surface area contributed by atoms with Crippen molar-refractivity contribution in [2.75, 3.05) is 5.32 Å². The van der Waals surface area contributed by atoms with Crippen molar-refractivity contribution < 1.29 is 9.53 Å². The first-order valence-corrected chi connectivity index (χ1v) is 7.45. The van der Waals surface area contributed by atoms with Crippen molar-refractivity contribution in [3.05, 3.63) is 18.0 Å². The Morgan fingerprint density at radius 2 is 2.20 bits per heavy atom. The molecule has 20 heavy (non-hydrogen) atoms. The van der Waals surface area contributed by atoms with Crippen LogP contribution in [0.5, 0.6) is 0 Å². The van der Waals surface area contributed by atoms with E-state index in [-0.39, 0.29) is 12.0 Å². The van der Waals surface area contributed by atoms with E-state index in [0.29, 0.717) is 12.4 Å². The third kappa shape index (κ3) is 4.27. The Bertz CT molecular complexity index is 444. The van der Waals surface area contributed by atoms with Crippen molar-refractivity contribution in [1.29, 1.82) is 0 Å². The number of hydrogen-bond donors (Lipinski definition) is 1. The summed E-state index contributed by atoms with van der Waals surface area (Å²) in [5.74, 6) is 0.198. The molecule has 1 fully saturated rings. The molecule has 1 saturated carbocycles. The number of aromatic nitrogens is 2. The van der Waals surface area contributed by atoms with Gasteiger partial charge in [-0.05, 0) is 32.3 Å². The molecule has 0 aromatic carbocycles. The molecule has 0 aliphatic heterocycles. The SMILES string of the molecule is CCC(OC1CCCCC1)C(=O)Nc1nccc(C)n1. The molecule has 1 aromatic rings. The molecular weight excluding hydrogens is 254 g/mol. The number of carbonyl (C=O) groups is 1. The molecule has 1 aliphatic rings. The lowest BCUT2D eigenvalue weighted by atomic mass is 9.97. The highest BCUT2D eigenvalue weighted by Crippen LogP contribution is 2.22. The van der Waals surface area contributed by atoms with Crippen molar-refractivity contribution in [3.63, 3.8) is 0 Å². The molecule has 110 valence electrons. The van der Waals surface area contributed by atoms with Crippen LogP contribution in [-0.2, 0) is 9.53 Å². The second-order valence-electron chi connectivity index (χ2n) is 5.30. The topological polar surface area (TPSA) is 64.1 Å². The van der Waals surface area contributed by atoms with Crippen molar-refractivity contribution >= 4 is 11.9 Å². The largest absolute Gasteiger partial charge is 0.365 e. The molecule has 0 saturated heterocycles. The highest BCUT2D eigenvalue weighted by Gasteiger charge is 2.23. The normalized spacial score (nSPS) is 17.7. The van der Waals surface area contributed by atoms with Crippen molar-refractivity contribution in [3.8, 4) is 0 Å². The molecule has 1 aliphatic carbocycles. The minimum atomic E-state index is -0.415. The van der Waals surface area contributed by atoms with E-state index >= 15 is 0 Å². The average Bonchev–Trinajstić information content (AvgIpc) is 2.45. The third-order valence-corrected chi connectivity index (χ3v) is 3.60. The van der Waals surface area contributed by atoms with Gasteiger partial charge in [-0.2, -0.15) is 0 Å². The molecule has 1 N–H and O–H groups in total. The van der Waals surface area contributed by atoms with Gasteiger partial charge in [-0.25, -0.2) is 9.97 Å².